The first-order valence-electron chi connectivity index (χ1n) is 6.77. The first-order chi connectivity index (χ1) is 11.4. The summed E-state index contributed by atoms with van der Waals surface area (Å²) in [6, 6.07) is 4.45. The summed E-state index contributed by atoms with van der Waals surface area (Å²) >= 11 is 8.01. The van der Waals surface area contributed by atoms with Crippen molar-refractivity contribution in [3.63, 3.8) is 0 Å². The summed E-state index contributed by atoms with van der Waals surface area (Å²) in [6.07, 6.45) is 3.11. The van der Waals surface area contributed by atoms with Crippen LogP contribution in [0.15, 0.2) is 30.7 Å². The van der Waals surface area contributed by atoms with E-state index in [1.165, 1.54) is 23.1 Å². The number of carbonyl (C=O) groups is 1. The number of carbonyl (C=O) groups excluding carboxylic acids is 1. The monoisotopic (exact) mass is 460 g/mol. The van der Waals surface area contributed by atoms with Crippen molar-refractivity contribution in [2.75, 3.05) is 5.32 Å². The van der Waals surface area contributed by atoms with E-state index in [9.17, 15) is 9.18 Å². The van der Waals surface area contributed by atoms with Gasteiger partial charge >= 0.3 is 0 Å². The number of halogens is 3. The molecule has 0 fully saturated rings. The van der Waals surface area contributed by atoms with Crippen LogP contribution >= 0.6 is 34.2 Å². The van der Waals surface area contributed by atoms with Gasteiger partial charge in [-0.3, -0.25) is 14.8 Å². The molecule has 0 radical (unpaired) electrons. The van der Waals surface area contributed by atoms with Crippen LogP contribution in [0.4, 0.5) is 10.3 Å². The third-order valence-electron chi connectivity index (χ3n) is 3.14. The van der Waals surface area contributed by atoms with Gasteiger partial charge in [0.25, 0.3) is 5.91 Å². The molecule has 0 bridgehead atoms. The van der Waals surface area contributed by atoms with Gasteiger partial charge in [-0.25, -0.2) is 14.1 Å². The Labute approximate surface area is 155 Å². The Hall–Kier alpha value is -2.01. The van der Waals surface area contributed by atoms with Gasteiger partial charge in [0.2, 0.25) is 5.95 Å². The van der Waals surface area contributed by atoms with Gasteiger partial charge < -0.3 is 0 Å². The summed E-state index contributed by atoms with van der Waals surface area (Å²) in [4.78, 5) is 16.2. The van der Waals surface area contributed by atoms with Crippen molar-refractivity contribution in [2.45, 2.75) is 6.54 Å². The predicted octanol–water partition coefficient (Wildman–Crippen LogP) is 2.71. The highest BCUT2D eigenvalue weighted by Gasteiger charge is 2.16. The van der Waals surface area contributed by atoms with Crippen LogP contribution in [0.1, 0.15) is 16.1 Å². The lowest BCUT2D eigenvalue weighted by atomic mass is 10.2. The number of hydrogen-bond donors (Lipinski definition) is 1. The third kappa shape index (κ3) is 3.56. The van der Waals surface area contributed by atoms with Crippen molar-refractivity contribution in [1.29, 1.82) is 0 Å². The van der Waals surface area contributed by atoms with E-state index in [1.54, 1.807) is 24.0 Å². The smallest absolute Gasteiger partial charge is 0.279 e. The minimum absolute atomic E-state index is 0.105. The van der Waals surface area contributed by atoms with Crippen molar-refractivity contribution in [1.82, 2.24) is 24.5 Å². The van der Waals surface area contributed by atoms with Crippen LogP contribution in [-0.2, 0) is 13.6 Å². The molecule has 0 saturated carbocycles. The van der Waals surface area contributed by atoms with Crippen LogP contribution in [0.5, 0.6) is 0 Å². The molecule has 124 valence electrons. The molecule has 0 aliphatic rings. The topological polar surface area (TPSA) is 77.6 Å². The van der Waals surface area contributed by atoms with E-state index in [0.29, 0.717) is 14.2 Å². The van der Waals surface area contributed by atoms with E-state index in [0.717, 1.165) is 0 Å². The molecule has 2 heterocycles. The molecule has 0 spiro atoms. The van der Waals surface area contributed by atoms with Crippen LogP contribution in [0.25, 0.3) is 0 Å². The van der Waals surface area contributed by atoms with Crippen molar-refractivity contribution in [3.05, 3.63) is 56.4 Å². The largest absolute Gasteiger partial charge is 0.288 e. The summed E-state index contributed by atoms with van der Waals surface area (Å²) in [6.45, 7) is 0.107. The molecule has 0 aliphatic carbocycles. The molecule has 2 aromatic heterocycles. The average Bonchev–Trinajstić information content (AvgIpc) is 3.09. The first kappa shape index (κ1) is 16.8. The fraction of sp³-hybridized carbons (Fsp3) is 0.143. The highest BCUT2D eigenvalue weighted by atomic mass is 127. The second-order valence-corrected chi connectivity index (χ2v) is 6.49. The van der Waals surface area contributed by atoms with Gasteiger partial charge in [0.05, 0.1) is 10.1 Å². The SMILES string of the molecule is Cn1cc(I)c(C(=O)Nc2ncn(Cc3c(F)cccc3Cl)n2)n1. The molecule has 1 aromatic carbocycles. The zero-order valence-electron chi connectivity index (χ0n) is 12.4. The van der Waals surface area contributed by atoms with Gasteiger partial charge in [-0.05, 0) is 34.7 Å². The van der Waals surface area contributed by atoms with Crippen molar-refractivity contribution in [3.8, 4) is 0 Å². The molecule has 3 aromatic rings. The Morgan fingerprint density at radius 2 is 2.21 bits per heavy atom. The zero-order chi connectivity index (χ0) is 17.3. The molecule has 7 nitrogen and oxygen atoms in total. The van der Waals surface area contributed by atoms with E-state index < -0.39 is 11.7 Å². The van der Waals surface area contributed by atoms with E-state index >= 15 is 0 Å². The molecule has 0 aliphatic heterocycles. The first-order valence-corrected chi connectivity index (χ1v) is 8.22. The van der Waals surface area contributed by atoms with Crippen LogP contribution in [0, 0.1) is 9.39 Å². The quantitative estimate of drug-likeness (QED) is 0.608. The minimum Gasteiger partial charge on any atom is -0.288 e. The summed E-state index contributed by atoms with van der Waals surface area (Å²) in [5.41, 5.74) is 0.591. The number of nitrogens with zero attached hydrogens (tertiary/aromatic N) is 5. The molecule has 10 heteroatoms. The zero-order valence-corrected chi connectivity index (χ0v) is 15.3. The van der Waals surface area contributed by atoms with Gasteiger partial charge in [0.15, 0.2) is 5.69 Å². The molecule has 0 unspecified atom stereocenters. The number of nitrogens with one attached hydrogen (secondary N) is 1. The highest BCUT2D eigenvalue weighted by Crippen LogP contribution is 2.20. The van der Waals surface area contributed by atoms with E-state index in [2.05, 4.69) is 20.5 Å². The number of rotatable bonds is 4. The molecular weight excluding hydrogens is 450 g/mol. The van der Waals surface area contributed by atoms with E-state index in [1.807, 2.05) is 22.6 Å². The fourth-order valence-electron chi connectivity index (χ4n) is 2.05. The maximum Gasteiger partial charge on any atom is 0.279 e. The predicted molar refractivity (Wildman–Crippen MR) is 94.4 cm³/mol. The van der Waals surface area contributed by atoms with Crippen LogP contribution in [0.2, 0.25) is 5.02 Å². The second-order valence-electron chi connectivity index (χ2n) is 4.92. The number of aryl methyl sites for hydroxylation is 1. The third-order valence-corrected chi connectivity index (χ3v) is 4.29. The Balaban J connectivity index is 1.74. The lowest BCUT2D eigenvalue weighted by Gasteiger charge is -2.05. The van der Waals surface area contributed by atoms with Crippen molar-refractivity contribution in [2.24, 2.45) is 7.05 Å². The van der Waals surface area contributed by atoms with Crippen LogP contribution < -0.4 is 5.32 Å². The fourth-order valence-corrected chi connectivity index (χ4v) is 3.03. The minimum atomic E-state index is -0.424. The molecule has 1 amide bonds. The van der Waals surface area contributed by atoms with E-state index in [4.69, 9.17) is 11.6 Å². The maximum atomic E-state index is 13.8. The normalized spacial score (nSPS) is 10.8. The Morgan fingerprint density at radius 3 is 2.88 bits per heavy atom. The number of benzene rings is 1. The van der Waals surface area contributed by atoms with Crippen LogP contribution in [-0.4, -0.2) is 30.5 Å². The summed E-state index contributed by atoms with van der Waals surface area (Å²) in [5.74, 6) is -0.734. The lowest BCUT2D eigenvalue weighted by Crippen LogP contribution is -2.15. The molecule has 1 N–H and O–H groups in total. The van der Waals surface area contributed by atoms with Gasteiger partial charge in [-0.2, -0.15) is 5.10 Å². The molecular formula is C14H11ClFIN6O. The van der Waals surface area contributed by atoms with Gasteiger partial charge in [0, 0.05) is 23.8 Å². The Morgan fingerprint density at radius 1 is 1.42 bits per heavy atom. The second kappa shape index (κ2) is 6.85. The van der Waals surface area contributed by atoms with Crippen molar-refractivity contribution >= 4 is 46.0 Å². The standard InChI is InChI=1S/C14H11ClFIN6O/c1-22-6-11(17)12(20-22)13(24)19-14-18-7-23(21-14)5-8-9(15)3-2-4-10(8)16/h2-4,6-7H,5H2,1H3,(H,19,21,24). The number of amides is 1. The van der Waals surface area contributed by atoms with Gasteiger partial charge in [0.1, 0.15) is 12.1 Å². The molecule has 0 saturated heterocycles. The van der Waals surface area contributed by atoms with Crippen LogP contribution in [0.3, 0.4) is 0 Å². The molecule has 24 heavy (non-hydrogen) atoms. The number of anilines is 1. The van der Waals surface area contributed by atoms with E-state index in [-0.39, 0.29) is 18.2 Å². The lowest BCUT2D eigenvalue weighted by molar-refractivity contribution is 0.102. The Bertz CT molecular complexity index is 888. The molecule has 3 rings (SSSR count). The van der Waals surface area contributed by atoms with Gasteiger partial charge in [-0.1, -0.05) is 17.7 Å². The van der Waals surface area contributed by atoms with Gasteiger partial charge in [-0.15, -0.1) is 5.10 Å². The summed E-state index contributed by atoms with van der Waals surface area (Å²) in [5, 5.41) is 11.0. The average molecular weight is 461 g/mol. The molecule has 0 atom stereocenters. The number of aromatic nitrogens is 5. The van der Waals surface area contributed by atoms with Crippen molar-refractivity contribution < 1.29 is 9.18 Å². The Kier molecular flexibility index (Phi) is 4.81. The number of hydrogen-bond acceptors (Lipinski definition) is 4. The summed E-state index contributed by atoms with van der Waals surface area (Å²) < 4.78 is 17.4. The maximum absolute atomic E-state index is 13.8. The summed E-state index contributed by atoms with van der Waals surface area (Å²) in [7, 11) is 1.73. The highest BCUT2D eigenvalue weighted by molar-refractivity contribution is 14.1.